The fourth-order valence-electron chi connectivity index (χ4n) is 1.99. The largest absolute Gasteiger partial charge is 0.486 e. The smallest absolute Gasteiger partial charge is 0.162 e. The van der Waals surface area contributed by atoms with Crippen molar-refractivity contribution in [1.29, 1.82) is 5.26 Å². The lowest BCUT2D eigenvalue weighted by atomic mass is 9.96. The Kier molecular flexibility index (Phi) is 4.79. The van der Waals surface area contributed by atoms with Gasteiger partial charge in [0, 0.05) is 18.0 Å². The topological polar surface area (TPSA) is 54.3 Å². The van der Waals surface area contributed by atoms with Crippen LogP contribution < -0.4 is 14.8 Å². The highest BCUT2D eigenvalue weighted by atomic mass is 32.2. The Morgan fingerprint density at radius 2 is 1.95 bits per heavy atom. The van der Waals surface area contributed by atoms with E-state index in [1.165, 1.54) is 10.5 Å². The number of rotatable bonds is 5. The number of fused-ring (bicyclic) bond motifs is 1. The maximum absolute atomic E-state index is 9.02. The highest BCUT2D eigenvalue weighted by Crippen LogP contribution is 2.36. The van der Waals surface area contributed by atoms with E-state index in [9.17, 15) is 0 Å². The minimum atomic E-state index is -0.354. The van der Waals surface area contributed by atoms with Crippen molar-refractivity contribution in [2.75, 3.05) is 26.0 Å². The van der Waals surface area contributed by atoms with Crippen LogP contribution in [0.5, 0.6) is 11.5 Å². The van der Waals surface area contributed by atoms with Gasteiger partial charge in [0.1, 0.15) is 13.2 Å². The number of nitrogens with zero attached hydrogens (tertiary/aromatic N) is 1. The second-order valence-corrected chi connectivity index (χ2v) is 6.26. The van der Waals surface area contributed by atoms with Crippen molar-refractivity contribution in [3.05, 3.63) is 17.7 Å². The summed E-state index contributed by atoms with van der Waals surface area (Å²) in [5, 5.41) is 12.4. The van der Waals surface area contributed by atoms with Crippen LogP contribution in [0.2, 0.25) is 0 Å². The lowest BCUT2D eigenvalue weighted by Gasteiger charge is -2.21. The van der Waals surface area contributed by atoms with E-state index < -0.39 is 0 Å². The van der Waals surface area contributed by atoms with Crippen LogP contribution in [0.25, 0.3) is 0 Å². The average molecular weight is 292 g/mol. The molecule has 5 heteroatoms. The first-order valence-corrected chi connectivity index (χ1v) is 7.87. The number of hydrogen-bond donors (Lipinski definition) is 1. The molecule has 0 aliphatic carbocycles. The van der Waals surface area contributed by atoms with Crippen molar-refractivity contribution in [2.45, 2.75) is 25.3 Å². The minimum absolute atomic E-state index is 0.354. The molecular weight excluding hydrogens is 272 g/mol. The van der Waals surface area contributed by atoms with Gasteiger partial charge in [0.05, 0.1) is 11.5 Å². The van der Waals surface area contributed by atoms with Crippen molar-refractivity contribution in [3.63, 3.8) is 0 Å². The number of hydrogen-bond acceptors (Lipinski definition) is 5. The van der Waals surface area contributed by atoms with Crippen LogP contribution in [0.3, 0.4) is 0 Å². The van der Waals surface area contributed by atoms with Crippen LogP contribution >= 0.6 is 11.8 Å². The molecule has 1 aliphatic heterocycles. The fourth-order valence-corrected chi connectivity index (χ4v) is 2.61. The molecule has 1 heterocycles. The predicted molar refractivity (Wildman–Crippen MR) is 80.3 cm³/mol. The molecule has 1 aliphatic rings. The van der Waals surface area contributed by atoms with Gasteiger partial charge in [-0.25, -0.2) is 0 Å². The molecule has 0 unspecified atom stereocenters. The molecule has 0 bridgehead atoms. The predicted octanol–water partition coefficient (Wildman–Crippen LogP) is 2.82. The summed E-state index contributed by atoms with van der Waals surface area (Å²) in [6.07, 6.45) is 2.05. The Hall–Kier alpha value is -1.38. The van der Waals surface area contributed by atoms with E-state index in [4.69, 9.17) is 14.7 Å². The van der Waals surface area contributed by atoms with Gasteiger partial charge >= 0.3 is 0 Å². The summed E-state index contributed by atoms with van der Waals surface area (Å²) in [5.41, 5.74) is 0.823. The van der Waals surface area contributed by atoms with Gasteiger partial charge < -0.3 is 14.8 Å². The Morgan fingerprint density at radius 1 is 1.30 bits per heavy atom. The lowest BCUT2D eigenvalue weighted by molar-refractivity contribution is 0.171. The minimum Gasteiger partial charge on any atom is -0.486 e. The summed E-state index contributed by atoms with van der Waals surface area (Å²) in [6.45, 7) is 6.44. The molecule has 0 aromatic heterocycles. The van der Waals surface area contributed by atoms with Crippen molar-refractivity contribution in [3.8, 4) is 17.6 Å². The van der Waals surface area contributed by atoms with Gasteiger partial charge in [-0.3, -0.25) is 0 Å². The number of nitriles is 1. The molecule has 2 rings (SSSR count). The first-order chi connectivity index (χ1) is 9.55. The van der Waals surface area contributed by atoms with Crippen molar-refractivity contribution >= 4 is 11.8 Å². The summed E-state index contributed by atoms with van der Waals surface area (Å²) < 4.78 is 11.2. The van der Waals surface area contributed by atoms with Gasteiger partial charge in [-0.2, -0.15) is 5.26 Å². The zero-order valence-corrected chi connectivity index (χ0v) is 13.0. The summed E-state index contributed by atoms with van der Waals surface area (Å²) in [6, 6.07) is 6.36. The maximum atomic E-state index is 9.02. The van der Waals surface area contributed by atoms with Crippen molar-refractivity contribution in [2.24, 2.45) is 5.41 Å². The molecule has 0 amide bonds. The molecular formula is C15H20N2O2S. The van der Waals surface area contributed by atoms with Gasteiger partial charge in [-0.15, -0.1) is 11.8 Å². The second-order valence-electron chi connectivity index (χ2n) is 5.41. The van der Waals surface area contributed by atoms with Gasteiger partial charge in [-0.05, 0) is 37.8 Å². The van der Waals surface area contributed by atoms with Crippen LogP contribution in [0, 0.1) is 16.7 Å². The quantitative estimate of drug-likeness (QED) is 0.846. The van der Waals surface area contributed by atoms with E-state index in [1.54, 1.807) is 11.8 Å². The van der Waals surface area contributed by atoms with E-state index in [2.05, 4.69) is 11.4 Å². The molecule has 0 saturated carbocycles. The van der Waals surface area contributed by atoms with E-state index >= 15 is 0 Å². The van der Waals surface area contributed by atoms with E-state index in [0.29, 0.717) is 19.8 Å². The zero-order valence-electron chi connectivity index (χ0n) is 12.2. The molecule has 1 N–H and O–H groups in total. The third-order valence-corrected chi connectivity index (χ3v) is 3.95. The summed E-state index contributed by atoms with van der Waals surface area (Å²) >= 11 is 1.69. The summed E-state index contributed by atoms with van der Waals surface area (Å²) in [4.78, 5) is 1.18. The third-order valence-electron chi connectivity index (χ3n) is 3.13. The third kappa shape index (κ3) is 3.59. The highest BCUT2D eigenvalue weighted by Gasteiger charge is 2.18. The lowest BCUT2D eigenvalue weighted by Crippen LogP contribution is -2.28. The standard InChI is InChI=1S/C15H20N2O2S/c1-15(2,9-16)10-17-8-11-6-12-13(7-14(11)20-3)19-5-4-18-12/h6-7,17H,4-5,8,10H2,1-3H3. The molecule has 4 nitrogen and oxygen atoms in total. The first-order valence-electron chi connectivity index (χ1n) is 6.64. The molecule has 0 fully saturated rings. The van der Waals surface area contributed by atoms with Gasteiger partial charge in [0.15, 0.2) is 11.5 Å². The zero-order chi connectivity index (χ0) is 14.6. The molecule has 0 saturated heterocycles. The number of thioether (sulfide) groups is 1. The normalized spacial score (nSPS) is 13.9. The Balaban J connectivity index is 2.09. The van der Waals surface area contributed by atoms with Crippen LogP contribution in [0.15, 0.2) is 17.0 Å². The molecule has 1 aromatic rings. The summed E-state index contributed by atoms with van der Waals surface area (Å²) in [7, 11) is 0. The molecule has 0 spiro atoms. The van der Waals surface area contributed by atoms with Crippen molar-refractivity contribution in [1.82, 2.24) is 5.32 Å². The molecule has 20 heavy (non-hydrogen) atoms. The van der Waals surface area contributed by atoms with Gasteiger partial charge in [0.2, 0.25) is 0 Å². The van der Waals surface area contributed by atoms with E-state index in [0.717, 1.165) is 18.0 Å². The highest BCUT2D eigenvalue weighted by molar-refractivity contribution is 7.98. The monoisotopic (exact) mass is 292 g/mol. The van der Waals surface area contributed by atoms with Gasteiger partial charge in [0.25, 0.3) is 0 Å². The van der Waals surface area contributed by atoms with Crippen molar-refractivity contribution < 1.29 is 9.47 Å². The Bertz CT molecular complexity index is 523. The van der Waals surface area contributed by atoms with Crippen LogP contribution in [-0.4, -0.2) is 26.0 Å². The van der Waals surface area contributed by atoms with Crippen LogP contribution in [-0.2, 0) is 6.54 Å². The van der Waals surface area contributed by atoms with E-state index in [1.807, 2.05) is 32.2 Å². The molecule has 0 radical (unpaired) electrons. The number of benzene rings is 1. The maximum Gasteiger partial charge on any atom is 0.162 e. The Labute approximate surface area is 124 Å². The summed E-state index contributed by atoms with van der Waals surface area (Å²) in [5.74, 6) is 1.63. The SMILES string of the molecule is CSc1cc2c(cc1CNCC(C)(C)C#N)OCCO2. The Morgan fingerprint density at radius 3 is 2.55 bits per heavy atom. The molecule has 1 aromatic carbocycles. The molecule has 108 valence electrons. The number of nitrogens with one attached hydrogen (secondary N) is 1. The molecule has 0 atom stereocenters. The first kappa shape index (κ1) is 15.0. The van der Waals surface area contributed by atoms with Crippen LogP contribution in [0.1, 0.15) is 19.4 Å². The van der Waals surface area contributed by atoms with Gasteiger partial charge in [-0.1, -0.05) is 0 Å². The fraction of sp³-hybridized carbons (Fsp3) is 0.533. The van der Waals surface area contributed by atoms with Crippen LogP contribution in [0.4, 0.5) is 0 Å². The second kappa shape index (κ2) is 6.38. The van der Waals surface area contributed by atoms with E-state index in [-0.39, 0.29) is 5.41 Å². The average Bonchev–Trinajstić information content (AvgIpc) is 2.46. The number of ether oxygens (including phenoxy) is 2.